The van der Waals surface area contributed by atoms with Gasteiger partial charge in [-0.3, -0.25) is 4.98 Å². The van der Waals surface area contributed by atoms with Crippen LogP contribution in [0.4, 0.5) is 0 Å². The van der Waals surface area contributed by atoms with E-state index in [4.69, 9.17) is 9.47 Å². The molecule has 1 aromatic heterocycles. The van der Waals surface area contributed by atoms with Crippen LogP contribution in [0.25, 0.3) is 16.8 Å². The topological polar surface area (TPSA) is 65.5 Å². The minimum atomic E-state index is -1.22. The summed E-state index contributed by atoms with van der Waals surface area (Å²) in [5.41, 5.74) is 0.594. The van der Waals surface area contributed by atoms with Crippen LogP contribution < -0.4 is 0 Å². The van der Waals surface area contributed by atoms with Crippen LogP contribution in [-0.4, -0.2) is 22.7 Å². The van der Waals surface area contributed by atoms with Gasteiger partial charge in [-0.25, -0.2) is 9.59 Å². The number of fused-ring (bicyclic) bond motifs is 1. The van der Waals surface area contributed by atoms with Crippen LogP contribution in [0.3, 0.4) is 0 Å². The van der Waals surface area contributed by atoms with E-state index in [9.17, 15) is 9.59 Å². The van der Waals surface area contributed by atoms with Gasteiger partial charge in [0.05, 0.1) is 0 Å². The second-order valence-electron chi connectivity index (χ2n) is 5.22. The van der Waals surface area contributed by atoms with Gasteiger partial charge in [0.2, 0.25) is 0 Å². The third kappa shape index (κ3) is 2.63. The van der Waals surface area contributed by atoms with Crippen molar-refractivity contribution in [2.45, 2.75) is 19.6 Å². The molecule has 0 unspecified atom stereocenters. The van der Waals surface area contributed by atoms with Gasteiger partial charge in [0.25, 0.3) is 5.79 Å². The lowest BCUT2D eigenvalue weighted by atomic mass is 10.1. The summed E-state index contributed by atoms with van der Waals surface area (Å²) in [5.74, 6) is -2.58. The number of rotatable bonds is 1. The van der Waals surface area contributed by atoms with E-state index >= 15 is 0 Å². The summed E-state index contributed by atoms with van der Waals surface area (Å²) in [6.07, 6.45) is 4.89. The van der Waals surface area contributed by atoms with E-state index in [2.05, 4.69) is 4.98 Å². The molecule has 5 nitrogen and oxygen atoms in total. The number of ether oxygens (including phenoxy) is 2. The number of nitrogens with zero attached hydrogens (tertiary/aromatic N) is 1. The van der Waals surface area contributed by atoms with E-state index in [0.717, 1.165) is 10.8 Å². The molecular formula is C16H13NO4. The number of carbonyl (C=O) groups is 2. The molecule has 21 heavy (non-hydrogen) atoms. The van der Waals surface area contributed by atoms with E-state index in [1.54, 1.807) is 12.4 Å². The fraction of sp³-hybridized carbons (Fsp3) is 0.188. The number of esters is 2. The number of hydrogen-bond acceptors (Lipinski definition) is 5. The number of carbonyl (C=O) groups excluding carboxylic acids is 2. The first-order chi connectivity index (χ1) is 9.94. The Balaban J connectivity index is 1.99. The minimum Gasteiger partial charge on any atom is -0.419 e. The van der Waals surface area contributed by atoms with Gasteiger partial charge in [0.1, 0.15) is 5.57 Å². The first kappa shape index (κ1) is 13.3. The Morgan fingerprint density at radius 3 is 2.48 bits per heavy atom. The molecule has 0 spiro atoms. The Labute approximate surface area is 121 Å². The molecule has 0 amide bonds. The number of hydrogen-bond donors (Lipinski definition) is 0. The van der Waals surface area contributed by atoms with Crippen LogP contribution >= 0.6 is 0 Å². The lowest BCUT2D eigenvalue weighted by molar-refractivity contribution is -0.222. The van der Waals surface area contributed by atoms with E-state index in [-0.39, 0.29) is 5.57 Å². The monoisotopic (exact) mass is 283 g/mol. The Kier molecular flexibility index (Phi) is 2.97. The third-order valence-electron chi connectivity index (χ3n) is 3.09. The molecule has 2 aromatic rings. The average molecular weight is 283 g/mol. The zero-order valence-electron chi connectivity index (χ0n) is 11.6. The SMILES string of the molecule is CC1(C)OC(=O)C(=Cc2ccc3ccncc3c2)C(=O)O1. The largest absolute Gasteiger partial charge is 0.419 e. The van der Waals surface area contributed by atoms with Crippen LogP contribution in [0.1, 0.15) is 19.4 Å². The average Bonchev–Trinajstić information content (AvgIpc) is 2.42. The molecule has 3 rings (SSSR count). The molecule has 0 saturated carbocycles. The second kappa shape index (κ2) is 4.70. The zero-order chi connectivity index (χ0) is 15.0. The highest BCUT2D eigenvalue weighted by atomic mass is 16.7. The number of cyclic esters (lactones) is 2. The summed E-state index contributed by atoms with van der Waals surface area (Å²) in [7, 11) is 0. The first-order valence-electron chi connectivity index (χ1n) is 6.47. The molecule has 106 valence electrons. The van der Waals surface area contributed by atoms with E-state index < -0.39 is 17.7 Å². The molecule has 0 atom stereocenters. The van der Waals surface area contributed by atoms with Crippen molar-refractivity contribution in [1.29, 1.82) is 0 Å². The molecule has 1 saturated heterocycles. The Morgan fingerprint density at radius 2 is 1.76 bits per heavy atom. The van der Waals surface area contributed by atoms with Crippen molar-refractivity contribution in [2.75, 3.05) is 0 Å². The lowest BCUT2D eigenvalue weighted by Gasteiger charge is -2.29. The van der Waals surface area contributed by atoms with Gasteiger partial charge in [0, 0.05) is 31.6 Å². The van der Waals surface area contributed by atoms with Crippen LogP contribution in [0.5, 0.6) is 0 Å². The summed E-state index contributed by atoms with van der Waals surface area (Å²) in [6, 6.07) is 7.44. The summed E-state index contributed by atoms with van der Waals surface area (Å²) < 4.78 is 10.1. The zero-order valence-corrected chi connectivity index (χ0v) is 11.6. The van der Waals surface area contributed by atoms with Crippen molar-refractivity contribution in [3.05, 3.63) is 47.8 Å². The molecule has 0 radical (unpaired) electrons. The van der Waals surface area contributed by atoms with E-state index in [1.807, 2.05) is 24.3 Å². The number of benzene rings is 1. The van der Waals surface area contributed by atoms with Gasteiger partial charge in [-0.1, -0.05) is 12.1 Å². The molecule has 2 heterocycles. The molecule has 1 aliphatic rings. The van der Waals surface area contributed by atoms with Gasteiger partial charge in [-0.2, -0.15) is 0 Å². The molecule has 5 heteroatoms. The third-order valence-corrected chi connectivity index (χ3v) is 3.09. The number of aromatic nitrogens is 1. The molecule has 1 fully saturated rings. The minimum absolute atomic E-state index is 0.113. The quantitative estimate of drug-likeness (QED) is 0.457. The van der Waals surface area contributed by atoms with Crippen molar-refractivity contribution in [1.82, 2.24) is 4.98 Å². The van der Waals surface area contributed by atoms with Crippen LogP contribution in [0, 0.1) is 0 Å². The van der Waals surface area contributed by atoms with E-state index in [0.29, 0.717) is 5.56 Å². The van der Waals surface area contributed by atoms with Crippen LogP contribution in [-0.2, 0) is 19.1 Å². The standard InChI is InChI=1S/C16H13NO4/c1-16(2)20-14(18)13(15(19)21-16)8-10-3-4-11-5-6-17-9-12(11)7-10/h3-9H,1-2H3. The maximum absolute atomic E-state index is 11.9. The smallest absolute Gasteiger partial charge is 0.348 e. The maximum Gasteiger partial charge on any atom is 0.348 e. The fourth-order valence-corrected chi connectivity index (χ4v) is 2.14. The van der Waals surface area contributed by atoms with Crippen LogP contribution in [0.15, 0.2) is 42.2 Å². The fourth-order valence-electron chi connectivity index (χ4n) is 2.14. The van der Waals surface area contributed by atoms with Crippen molar-refractivity contribution < 1.29 is 19.1 Å². The molecule has 0 bridgehead atoms. The van der Waals surface area contributed by atoms with Crippen molar-refractivity contribution in [2.24, 2.45) is 0 Å². The van der Waals surface area contributed by atoms with Crippen molar-refractivity contribution in [3.8, 4) is 0 Å². The molecule has 0 N–H and O–H groups in total. The van der Waals surface area contributed by atoms with Gasteiger partial charge in [-0.15, -0.1) is 0 Å². The molecule has 0 aliphatic carbocycles. The van der Waals surface area contributed by atoms with Gasteiger partial charge in [0.15, 0.2) is 0 Å². The second-order valence-corrected chi connectivity index (χ2v) is 5.22. The van der Waals surface area contributed by atoms with Gasteiger partial charge in [-0.05, 0) is 29.2 Å². The van der Waals surface area contributed by atoms with Crippen molar-refractivity contribution >= 4 is 28.8 Å². The van der Waals surface area contributed by atoms with Gasteiger partial charge >= 0.3 is 11.9 Å². The normalized spacial score (nSPS) is 17.3. The molecule has 1 aromatic carbocycles. The predicted octanol–water partition coefficient (Wildman–Crippen LogP) is 2.45. The van der Waals surface area contributed by atoms with E-state index in [1.165, 1.54) is 19.9 Å². The highest BCUT2D eigenvalue weighted by molar-refractivity contribution is 6.19. The van der Waals surface area contributed by atoms with Crippen LogP contribution in [0.2, 0.25) is 0 Å². The summed E-state index contributed by atoms with van der Waals surface area (Å²) >= 11 is 0. The molecule has 1 aliphatic heterocycles. The summed E-state index contributed by atoms with van der Waals surface area (Å²) in [6.45, 7) is 3.03. The highest BCUT2D eigenvalue weighted by Gasteiger charge is 2.38. The Morgan fingerprint density at radius 1 is 1.05 bits per heavy atom. The maximum atomic E-state index is 11.9. The first-order valence-corrected chi connectivity index (χ1v) is 6.47. The highest BCUT2D eigenvalue weighted by Crippen LogP contribution is 2.25. The van der Waals surface area contributed by atoms with Gasteiger partial charge < -0.3 is 9.47 Å². The number of pyridine rings is 1. The lowest BCUT2D eigenvalue weighted by Crippen LogP contribution is -2.41. The Bertz CT molecular complexity index is 755. The predicted molar refractivity (Wildman–Crippen MR) is 76.0 cm³/mol. The summed E-state index contributed by atoms with van der Waals surface area (Å²) in [4.78, 5) is 27.8. The molecular weight excluding hydrogens is 270 g/mol. The summed E-state index contributed by atoms with van der Waals surface area (Å²) in [5, 5.41) is 1.95. The van der Waals surface area contributed by atoms with Crippen molar-refractivity contribution in [3.63, 3.8) is 0 Å². The Hall–Kier alpha value is -2.69.